The van der Waals surface area contributed by atoms with Crippen LogP contribution < -0.4 is 0 Å². The molecular weight excluding hydrogens is 230 g/mol. The largest absolute Gasteiger partial charge is 0.313 e. The summed E-state index contributed by atoms with van der Waals surface area (Å²) in [6, 6.07) is 9.44. The Kier molecular flexibility index (Phi) is 3.37. The molecule has 0 radical (unpaired) electrons. The lowest BCUT2D eigenvalue weighted by molar-refractivity contribution is -0.134. The summed E-state index contributed by atoms with van der Waals surface area (Å²) in [5.74, 6) is -0.962. The van der Waals surface area contributed by atoms with E-state index in [1.165, 1.54) is 18.0 Å². The number of carbonyl (C=O) groups excluding carboxylic acids is 3. The highest BCUT2D eigenvalue weighted by Crippen LogP contribution is 2.16. The zero-order valence-corrected chi connectivity index (χ0v) is 10.1. The van der Waals surface area contributed by atoms with Crippen LogP contribution in [0.5, 0.6) is 0 Å². The maximum atomic E-state index is 11.7. The van der Waals surface area contributed by atoms with Gasteiger partial charge in [0.2, 0.25) is 5.91 Å². The van der Waals surface area contributed by atoms with Crippen molar-refractivity contribution in [2.75, 3.05) is 0 Å². The van der Waals surface area contributed by atoms with Gasteiger partial charge in [-0.05, 0) is 12.5 Å². The predicted molar refractivity (Wildman–Crippen MR) is 65.4 cm³/mol. The number of hydrogen-bond donors (Lipinski definition) is 0. The number of ketones is 2. The molecule has 1 aliphatic heterocycles. The zero-order valence-electron chi connectivity index (χ0n) is 10.1. The van der Waals surface area contributed by atoms with Crippen molar-refractivity contribution in [3.05, 3.63) is 47.7 Å². The van der Waals surface area contributed by atoms with Crippen molar-refractivity contribution >= 4 is 17.5 Å². The Morgan fingerprint density at radius 2 is 1.89 bits per heavy atom. The van der Waals surface area contributed by atoms with Crippen LogP contribution in [0.2, 0.25) is 0 Å². The number of amides is 1. The van der Waals surface area contributed by atoms with Crippen molar-refractivity contribution in [2.45, 2.75) is 19.9 Å². The van der Waals surface area contributed by atoms with Crippen LogP contribution in [0.3, 0.4) is 0 Å². The molecule has 0 N–H and O–H groups in total. The van der Waals surface area contributed by atoms with Crippen molar-refractivity contribution in [1.82, 2.24) is 4.90 Å². The van der Waals surface area contributed by atoms with Gasteiger partial charge in [0.05, 0.1) is 18.5 Å². The van der Waals surface area contributed by atoms with Crippen LogP contribution in [0.25, 0.3) is 0 Å². The van der Waals surface area contributed by atoms with Crippen molar-refractivity contribution in [3.63, 3.8) is 0 Å². The molecule has 0 aromatic heterocycles. The number of Topliss-reactive ketones (excluding diaryl/α,β-unsaturated/α-hetero) is 2. The van der Waals surface area contributed by atoms with Crippen molar-refractivity contribution in [1.29, 1.82) is 0 Å². The summed E-state index contributed by atoms with van der Waals surface area (Å²) >= 11 is 0. The van der Waals surface area contributed by atoms with E-state index in [0.29, 0.717) is 6.54 Å². The first kappa shape index (κ1) is 12.2. The Hall–Kier alpha value is -2.23. The number of allylic oxidation sites excluding steroid dienone is 1. The first-order chi connectivity index (χ1) is 8.58. The lowest BCUT2D eigenvalue weighted by Crippen LogP contribution is -2.34. The second kappa shape index (κ2) is 4.96. The lowest BCUT2D eigenvalue weighted by Gasteiger charge is -2.23. The molecule has 1 heterocycles. The van der Waals surface area contributed by atoms with Crippen LogP contribution >= 0.6 is 0 Å². The summed E-state index contributed by atoms with van der Waals surface area (Å²) in [6.45, 7) is 1.71. The zero-order chi connectivity index (χ0) is 13.1. The summed E-state index contributed by atoms with van der Waals surface area (Å²) in [7, 11) is 0. The van der Waals surface area contributed by atoms with Gasteiger partial charge in [-0.2, -0.15) is 0 Å². The Morgan fingerprint density at radius 3 is 2.50 bits per heavy atom. The minimum Gasteiger partial charge on any atom is -0.313 e. The Bertz CT molecular complexity index is 531. The number of rotatable bonds is 3. The summed E-state index contributed by atoms with van der Waals surface area (Å²) in [4.78, 5) is 35.9. The standard InChI is InChI=1S/C14H13NO3/c1-10(16)12-9-15(14(18)7-13(12)17)8-11-5-3-2-4-6-11/h2-6,9H,7-8H2,1H3. The highest BCUT2D eigenvalue weighted by molar-refractivity contribution is 6.24. The molecule has 1 amide bonds. The van der Waals surface area contributed by atoms with Gasteiger partial charge in [0, 0.05) is 6.20 Å². The van der Waals surface area contributed by atoms with Crippen LogP contribution in [0.4, 0.5) is 0 Å². The molecule has 0 bridgehead atoms. The van der Waals surface area contributed by atoms with Gasteiger partial charge in [0.25, 0.3) is 0 Å². The van der Waals surface area contributed by atoms with Gasteiger partial charge in [-0.15, -0.1) is 0 Å². The second-order valence-electron chi connectivity index (χ2n) is 4.21. The Balaban J connectivity index is 2.24. The topological polar surface area (TPSA) is 54.5 Å². The number of hydrogen-bond acceptors (Lipinski definition) is 3. The molecule has 92 valence electrons. The van der Waals surface area contributed by atoms with E-state index >= 15 is 0 Å². The van der Waals surface area contributed by atoms with Crippen molar-refractivity contribution in [3.8, 4) is 0 Å². The van der Waals surface area contributed by atoms with E-state index in [9.17, 15) is 14.4 Å². The fourth-order valence-electron chi connectivity index (χ4n) is 1.84. The lowest BCUT2D eigenvalue weighted by atomic mass is 10.0. The predicted octanol–water partition coefficient (Wildman–Crippen LogP) is 1.46. The highest BCUT2D eigenvalue weighted by Gasteiger charge is 2.27. The molecule has 4 nitrogen and oxygen atoms in total. The normalized spacial score (nSPS) is 15.6. The van der Waals surface area contributed by atoms with E-state index in [0.717, 1.165) is 5.56 Å². The molecule has 0 fully saturated rings. The van der Waals surface area contributed by atoms with Gasteiger partial charge in [0.15, 0.2) is 11.6 Å². The fourth-order valence-corrected chi connectivity index (χ4v) is 1.84. The minimum atomic E-state index is -0.392. The third kappa shape index (κ3) is 2.53. The average molecular weight is 243 g/mol. The van der Waals surface area contributed by atoms with Crippen molar-refractivity contribution in [2.24, 2.45) is 0 Å². The molecule has 1 aromatic rings. The molecule has 0 saturated heterocycles. The van der Waals surface area contributed by atoms with E-state index in [1.807, 2.05) is 30.3 Å². The van der Waals surface area contributed by atoms with Gasteiger partial charge in [0.1, 0.15) is 0 Å². The van der Waals surface area contributed by atoms with E-state index in [2.05, 4.69) is 0 Å². The number of benzene rings is 1. The van der Waals surface area contributed by atoms with Crippen LogP contribution in [0.1, 0.15) is 18.9 Å². The monoisotopic (exact) mass is 243 g/mol. The maximum Gasteiger partial charge on any atom is 0.234 e. The summed E-state index contributed by atoms with van der Waals surface area (Å²) < 4.78 is 0. The van der Waals surface area contributed by atoms with E-state index < -0.39 is 5.78 Å². The second-order valence-corrected chi connectivity index (χ2v) is 4.21. The molecule has 0 aliphatic carbocycles. The van der Waals surface area contributed by atoms with E-state index in [4.69, 9.17) is 0 Å². The van der Waals surface area contributed by atoms with E-state index in [-0.39, 0.29) is 23.7 Å². The Labute approximate surface area is 105 Å². The quantitative estimate of drug-likeness (QED) is 0.596. The van der Waals surface area contributed by atoms with Gasteiger partial charge < -0.3 is 4.90 Å². The van der Waals surface area contributed by atoms with Crippen LogP contribution in [-0.4, -0.2) is 22.4 Å². The molecule has 18 heavy (non-hydrogen) atoms. The minimum absolute atomic E-state index is 0.102. The summed E-state index contributed by atoms with van der Waals surface area (Å²) in [5, 5.41) is 0. The summed E-state index contributed by atoms with van der Waals surface area (Å²) in [5.41, 5.74) is 1.06. The van der Waals surface area contributed by atoms with Crippen LogP contribution in [0, 0.1) is 0 Å². The molecule has 4 heteroatoms. The number of nitrogens with zero attached hydrogens (tertiary/aromatic N) is 1. The molecular formula is C14H13NO3. The van der Waals surface area contributed by atoms with Gasteiger partial charge in [-0.3, -0.25) is 14.4 Å². The molecule has 0 spiro atoms. The third-order valence-corrected chi connectivity index (χ3v) is 2.79. The fraction of sp³-hybridized carbons (Fsp3) is 0.214. The first-order valence-electron chi connectivity index (χ1n) is 5.67. The smallest absolute Gasteiger partial charge is 0.234 e. The average Bonchev–Trinajstić information content (AvgIpc) is 2.33. The number of carbonyl (C=O) groups is 3. The third-order valence-electron chi connectivity index (χ3n) is 2.79. The van der Waals surface area contributed by atoms with Gasteiger partial charge >= 0.3 is 0 Å². The molecule has 0 atom stereocenters. The van der Waals surface area contributed by atoms with Crippen LogP contribution in [0.15, 0.2) is 42.1 Å². The van der Waals surface area contributed by atoms with Gasteiger partial charge in [-0.1, -0.05) is 30.3 Å². The van der Waals surface area contributed by atoms with Crippen LogP contribution in [-0.2, 0) is 20.9 Å². The molecule has 0 saturated carbocycles. The van der Waals surface area contributed by atoms with Gasteiger partial charge in [-0.25, -0.2) is 0 Å². The Morgan fingerprint density at radius 1 is 1.22 bits per heavy atom. The summed E-state index contributed by atoms with van der Waals surface area (Å²) in [6.07, 6.45) is 1.14. The highest BCUT2D eigenvalue weighted by atomic mass is 16.2. The molecule has 2 rings (SSSR count). The first-order valence-corrected chi connectivity index (χ1v) is 5.67. The van der Waals surface area contributed by atoms with Crippen molar-refractivity contribution < 1.29 is 14.4 Å². The maximum absolute atomic E-state index is 11.7. The molecule has 0 unspecified atom stereocenters. The van der Waals surface area contributed by atoms with E-state index in [1.54, 1.807) is 0 Å². The molecule has 1 aromatic carbocycles. The molecule has 1 aliphatic rings. The SMILES string of the molecule is CC(=O)C1=CN(Cc2ccccc2)C(=O)CC1=O.